The number of aromatic nitrogens is 3. The van der Waals surface area contributed by atoms with Crippen molar-refractivity contribution >= 4 is 23.0 Å². The molecule has 134 valence electrons. The van der Waals surface area contributed by atoms with Crippen LogP contribution in [0.2, 0.25) is 0 Å². The van der Waals surface area contributed by atoms with Crippen LogP contribution in [0.5, 0.6) is 5.88 Å². The summed E-state index contributed by atoms with van der Waals surface area (Å²) in [7, 11) is 0. The molecule has 3 rings (SSSR count). The summed E-state index contributed by atoms with van der Waals surface area (Å²) < 4.78 is 19.3. The largest absolute Gasteiger partial charge is 0.473 e. The number of fused-ring (bicyclic) bond motifs is 1. The van der Waals surface area contributed by atoms with Crippen LogP contribution in [-0.2, 0) is 4.79 Å². The third kappa shape index (κ3) is 3.86. The lowest BCUT2D eigenvalue weighted by Gasteiger charge is -2.09. The molecule has 1 atom stereocenters. The Morgan fingerprint density at radius 1 is 1.38 bits per heavy atom. The maximum Gasteiger partial charge on any atom is 0.250 e. The van der Waals surface area contributed by atoms with Crippen LogP contribution >= 0.6 is 0 Å². The van der Waals surface area contributed by atoms with E-state index in [0.717, 1.165) is 10.9 Å². The second kappa shape index (κ2) is 7.32. The second-order valence-corrected chi connectivity index (χ2v) is 5.77. The van der Waals surface area contributed by atoms with Gasteiger partial charge in [0, 0.05) is 46.7 Å². The molecule has 3 aromatic heterocycles. The van der Waals surface area contributed by atoms with Gasteiger partial charge in [0.1, 0.15) is 12.3 Å². The van der Waals surface area contributed by atoms with Gasteiger partial charge in [0.2, 0.25) is 11.8 Å². The molecule has 0 fully saturated rings. The molecule has 26 heavy (non-hydrogen) atoms. The van der Waals surface area contributed by atoms with E-state index in [1.165, 1.54) is 25.3 Å². The number of nitrogens with one attached hydrogen (secondary N) is 1. The van der Waals surface area contributed by atoms with Crippen molar-refractivity contribution in [2.75, 3.05) is 6.61 Å². The summed E-state index contributed by atoms with van der Waals surface area (Å²) in [5.74, 6) is -1.36. The highest BCUT2D eigenvalue weighted by Gasteiger charge is 2.11. The van der Waals surface area contributed by atoms with Crippen LogP contribution in [0.3, 0.4) is 0 Å². The number of hydrogen-bond donors (Lipinski definition) is 3. The van der Waals surface area contributed by atoms with Gasteiger partial charge < -0.3 is 20.6 Å². The number of halogens is 1. The summed E-state index contributed by atoms with van der Waals surface area (Å²) >= 11 is 0. The highest BCUT2D eigenvalue weighted by atomic mass is 19.1. The highest BCUT2D eigenvalue weighted by molar-refractivity contribution is 5.95. The topological polar surface area (TPSA) is 114 Å². The van der Waals surface area contributed by atoms with E-state index < -0.39 is 17.8 Å². The zero-order valence-electron chi connectivity index (χ0n) is 13.9. The van der Waals surface area contributed by atoms with Gasteiger partial charge in [-0.2, -0.15) is 0 Å². The number of aliphatic hydroxyl groups is 1. The van der Waals surface area contributed by atoms with E-state index in [4.69, 9.17) is 10.5 Å². The summed E-state index contributed by atoms with van der Waals surface area (Å²) in [6, 6.07) is 3.10. The second-order valence-electron chi connectivity index (χ2n) is 5.77. The van der Waals surface area contributed by atoms with Gasteiger partial charge in [-0.15, -0.1) is 0 Å². The Morgan fingerprint density at radius 3 is 2.81 bits per heavy atom. The quantitative estimate of drug-likeness (QED) is 0.585. The van der Waals surface area contributed by atoms with E-state index in [1.807, 2.05) is 6.07 Å². The van der Waals surface area contributed by atoms with Gasteiger partial charge >= 0.3 is 0 Å². The van der Waals surface area contributed by atoms with Crippen LogP contribution in [0.15, 0.2) is 36.8 Å². The SMILES string of the molecule is C[C@H](O)COc1ncc(-c2cnc3[nH]cc(/C=C/C(N)=O)c3c2)cc1F. The van der Waals surface area contributed by atoms with Crippen LogP contribution in [0, 0.1) is 5.82 Å². The molecule has 0 spiro atoms. The number of carbonyl (C=O) groups excluding carboxylic acids is 1. The number of aliphatic hydroxyl groups excluding tert-OH is 1. The van der Waals surface area contributed by atoms with Crippen LogP contribution in [-0.4, -0.2) is 38.7 Å². The number of primary amides is 1. The monoisotopic (exact) mass is 356 g/mol. The molecule has 0 saturated heterocycles. The molecule has 4 N–H and O–H groups in total. The number of rotatable bonds is 6. The Bertz CT molecular complexity index is 982. The van der Waals surface area contributed by atoms with Gasteiger partial charge in [0.15, 0.2) is 5.82 Å². The lowest BCUT2D eigenvalue weighted by atomic mass is 10.1. The first kappa shape index (κ1) is 17.6. The van der Waals surface area contributed by atoms with Crippen LogP contribution in [0.4, 0.5) is 4.39 Å². The van der Waals surface area contributed by atoms with Crippen molar-refractivity contribution in [1.82, 2.24) is 15.0 Å². The predicted octanol–water partition coefficient (Wildman–Crippen LogP) is 2.02. The third-order valence-corrected chi connectivity index (χ3v) is 3.59. The molecule has 0 aliphatic rings. The van der Waals surface area contributed by atoms with Crippen LogP contribution in [0.1, 0.15) is 12.5 Å². The normalized spacial score (nSPS) is 12.6. The fraction of sp³-hybridized carbons (Fsp3) is 0.167. The first-order chi connectivity index (χ1) is 12.4. The number of H-pyrrole nitrogens is 1. The number of ether oxygens (including phenoxy) is 1. The molecule has 3 heterocycles. The molecule has 3 aromatic rings. The Hall–Kier alpha value is -3.26. The first-order valence-corrected chi connectivity index (χ1v) is 7.85. The molecular formula is C18H17FN4O3. The zero-order chi connectivity index (χ0) is 18.7. The average molecular weight is 356 g/mol. The van der Waals surface area contributed by atoms with Crippen molar-refractivity contribution in [1.29, 1.82) is 0 Å². The van der Waals surface area contributed by atoms with Gasteiger partial charge in [0.25, 0.3) is 0 Å². The van der Waals surface area contributed by atoms with Crippen molar-refractivity contribution in [3.8, 4) is 17.0 Å². The Labute approximate surface area is 148 Å². The minimum atomic E-state index is -0.719. The van der Waals surface area contributed by atoms with E-state index in [-0.39, 0.29) is 12.5 Å². The molecule has 0 aliphatic heterocycles. The van der Waals surface area contributed by atoms with Crippen molar-refractivity contribution in [2.24, 2.45) is 5.73 Å². The number of pyridine rings is 2. The van der Waals surface area contributed by atoms with Gasteiger partial charge in [-0.25, -0.2) is 14.4 Å². The van der Waals surface area contributed by atoms with Gasteiger partial charge in [-0.05, 0) is 25.1 Å². The van der Waals surface area contributed by atoms with E-state index in [0.29, 0.717) is 16.8 Å². The lowest BCUT2D eigenvalue weighted by molar-refractivity contribution is -0.113. The molecule has 0 aliphatic carbocycles. The standard InChI is InChI=1S/C18H17FN4O3/c1-10(24)9-26-18-15(19)5-13(8-23-18)12-4-14-11(2-3-16(20)25)6-21-17(14)22-7-12/h2-8,10,24H,9H2,1H3,(H2,20,25)(H,21,22)/b3-2+/t10-/m0/s1. The maximum atomic E-state index is 14.2. The molecule has 0 unspecified atom stereocenters. The summed E-state index contributed by atoms with van der Waals surface area (Å²) in [6.45, 7) is 1.49. The Kier molecular flexibility index (Phi) is 4.94. The van der Waals surface area contributed by atoms with Crippen molar-refractivity contribution in [3.05, 3.63) is 48.2 Å². The van der Waals surface area contributed by atoms with E-state index >= 15 is 0 Å². The predicted molar refractivity (Wildman–Crippen MR) is 94.7 cm³/mol. The number of aromatic amines is 1. The maximum absolute atomic E-state index is 14.2. The molecule has 8 heteroatoms. The van der Waals surface area contributed by atoms with E-state index in [1.54, 1.807) is 18.5 Å². The smallest absolute Gasteiger partial charge is 0.250 e. The molecular weight excluding hydrogens is 339 g/mol. The fourth-order valence-electron chi connectivity index (χ4n) is 2.38. The van der Waals surface area contributed by atoms with Crippen LogP contribution < -0.4 is 10.5 Å². The summed E-state index contributed by atoms with van der Waals surface area (Å²) in [6.07, 6.45) is 6.88. The van der Waals surface area contributed by atoms with Gasteiger partial charge in [-0.3, -0.25) is 4.79 Å². The third-order valence-electron chi connectivity index (χ3n) is 3.59. The summed E-state index contributed by atoms with van der Waals surface area (Å²) in [5.41, 5.74) is 7.65. The van der Waals surface area contributed by atoms with Crippen molar-refractivity contribution in [2.45, 2.75) is 13.0 Å². The van der Waals surface area contributed by atoms with Crippen molar-refractivity contribution in [3.63, 3.8) is 0 Å². The molecule has 0 bridgehead atoms. The summed E-state index contributed by atoms with van der Waals surface area (Å²) in [5, 5.41) is 9.96. The zero-order valence-corrected chi connectivity index (χ0v) is 13.9. The molecule has 1 amide bonds. The summed E-state index contributed by atoms with van der Waals surface area (Å²) in [4.78, 5) is 22.2. The minimum Gasteiger partial charge on any atom is -0.473 e. The number of nitrogens with two attached hydrogens (primary N) is 1. The van der Waals surface area contributed by atoms with Gasteiger partial charge in [0.05, 0.1) is 6.10 Å². The average Bonchev–Trinajstić information content (AvgIpc) is 3.01. The highest BCUT2D eigenvalue weighted by Crippen LogP contribution is 2.27. The Balaban J connectivity index is 1.93. The fourth-order valence-corrected chi connectivity index (χ4v) is 2.38. The number of hydrogen-bond acceptors (Lipinski definition) is 5. The number of nitrogens with zero attached hydrogens (tertiary/aromatic N) is 2. The molecule has 0 radical (unpaired) electrons. The minimum absolute atomic E-state index is 0.0459. The lowest BCUT2D eigenvalue weighted by Crippen LogP contribution is -2.14. The molecule has 0 aromatic carbocycles. The van der Waals surface area contributed by atoms with E-state index in [2.05, 4.69) is 15.0 Å². The number of carbonyl (C=O) groups is 1. The van der Waals surface area contributed by atoms with Crippen molar-refractivity contribution < 1.29 is 19.0 Å². The van der Waals surface area contributed by atoms with E-state index in [9.17, 15) is 14.3 Å². The first-order valence-electron chi connectivity index (χ1n) is 7.85. The van der Waals surface area contributed by atoms with Crippen LogP contribution in [0.25, 0.3) is 28.2 Å². The number of amides is 1. The molecule has 7 nitrogen and oxygen atoms in total. The molecule has 0 saturated carbocycles. The Morgan fingerprint density at radius 2 is 2.12 bits per heavy atom. The van der Waals surface area contributed by atoms with Gasteiger partial charge in [-0.1, -0.05) is 0 Å².